The average Bonchev–Trinajstić information content (AvgIpc) is 3.13. The van der Waals surface area contributed by atoms with Gasteiger partial charge >= 0.3 is 5.88 Å². The molecule has 27 heavy (non-hydrogen) atoms. The van der Waals surface area contributed by atoms with Gasteiger partial charge in [0.25, 0.3) is 5.91 Å². The molecular formula is C18H20N4O5. The van der Waals surface area contributed by atoms with Crippen LogP contribution in [0.5, 0.6) is 0 Å². The molecule has 1 aliphatic rings. The van der Waals surface area contributed by atoms with E-state index < -0.39 is 16.7 Å². The highest BCUT2D eigenvalue weighted by Gasteiger charge is 2.23. The summed E-state index contributed by atoms with van der Waals surface area (Å²) in [7, 11) is 0. The van der Waals surface area contributed by atoms with Crippen LogP contribution in [0.1, 0.15) is 29.0 Å². The fourth-order valence-corrected chi connectivity index (χ4v) is 3.12. The summed E-state index contributed by atoms with van der Waals surface area (Å²) in [5, 5.41) is 13.3. The van der Waals surface area contributed by atoms with Crippen LogP contribution in [0.25, 0.3) is 0 Å². The Kier molecular flexibility index (Phi) is 5.51. The SMILES string of the molecule is NC(=O)C1CCN(Cc2cccc(NC(=O)c3ccc([N+](=O)[O-])o3)c2)CC1. The minimum Gasteiger partial charge on any atom is -0.395 e. The Balaban J connectivity index is 1.59. The van der Waals surface area contributed by atoms with Crippen LogP contribution < -0.4 is 11.1 Å². The predicted molar refractivity (Wildman–Crippen MR) is 97.0 cm³/mol. The van der Waals surface area contributed by atoms with Crippen LogP contribution in [0.3, 0.4) is 0 Å². The Morgan fingerprint density at radius 3 is 2.63 bits per heavy atom. The summed E-state index contributed by atoms with van der Waals surface area (Å²) in [4.78, 5) is 35.6. The summed E-state index contributed by atoms with van der Waals surface area (Å²) >= 11 is 0. The van der Waals surface area contributed by atoms with Crippen LogP contribution in [0, 0.1) is 16.0 Å². The molecule has 0 bridgehead atoms. The lowest BCUT2D eigenvalue weighted by atomic mass is 9.96. The van der Waals surface area contributed by atoms with Gasteiger partial charge in [-0.15, -0.1) is 0 Å². The Bertz CT molecular complexity index is 855. The Labute approximate surface area is 155 Å². The summed E-state index contributed by atoms with van der Waals surface area (Å²) < 4.78 is 4.90. The van der Waals surface area contributed by atoms with Gasteiger partial charge in [0.1, 0.15) is 4.92 Å². The Hall–Kier alpha value is -3.20. The maximum absolute atomic E-state index is 12.2. The minimum atomic E-state index is -0.696. The molecule has 1 saturated heterocycles. The number of carbonyl (C=O) groups is 2. The van der Waals surface area contributed by atoms with Gasteiger partial charge in [0.2, 0.25) is 5.91 Å². The van der Waals surface area contributed by atoms with E-state index in [0.29, 0.717) is 12.2 Å². The quantitative estimate of drug-likeness (QED) is 0.590. The second-order valence-corrected chi connectivity index (χ2v) is 6.50. The molecule has 0 spiro atoms. The molecule has 0 radical (unpaired) electrons. The molecule has 142 valence electrons. The lowest BCUT2D eigenvalue weighted by molar-refractivity contribution is -0.402. The van der Waals surface area contributed by atoms with Gasteiger partial charge < -0.3 is 15.5 Å². The van der Waals surface area contributed by atoms with Crippen LogP contribution in [0.15, 0.2) is 40.8 Å². The number of nitrogens with two attached hydrogens (primary N) is 1. The molecule has 9 nitrogen and oxygen atoms in total. The van der Waals surface area contributed by atoms with E-state index in [1.54, 1.807) is 6.07 Å². The topological polar surface area (TPSA) is 132 Å². The van der Waals surface area contributed by atoms with E-state index in [0.717, 1.165) is 37.6 Å². The number of nitrogens with zero attached hydrogens (tertiary/aromatic N) is 2. The number of anilines is 1. The van der Waals surface area contributed by atoms with E-state index in [9.17, 15) is 19.7 Å². The highest BCUT2D eigenvalue weighted by atomic mass is 16.6. The summed E-state index contributed by atoms with van der Waals surface area (Å²) in [6.07, 6.45) is 1.51. The van der Waals surface area contributed by atoms with Gasteiger partial charge in [-0.25, -0.2) is 0 Å². The number of benzene rings is 1. The molecule has 1 aromatic heterocycles. The zero-order valence-electron chi connectivity index (χ0n) is 14.6. The van der Waals surface area contributed by atoms with Crippen molar-refractivity contribution in [1.82, 2.24) is 4.90 Å². The molecule has 1 fully saturated rings. The molecule has 0 atom stereocenters. The number of carbonyl (C=O) groups excluding carboxylic acids is 2. The number of amides is 2. The van der Waals surface area contributed by atoms with Crippen LogP contribution in [0.2, 0.25) is 0 Å². The van der Waals surface area contributed by atoms with Gasteiger partial charge in [-0.3, -0.25) is 24.6 Å². The van der Waals surface area contributed by atoms with Crippen LogP contribution in [-0.4, -0.2) is 34.7 Å². The fourth-order valence-electron chi connectivity index (χ4n) is 3.12. The first-order valence-corrected chi connectivity index (χ1v) is 8.58. The van der Waals surface area contributed by atoms with Crippen molar-refractivity contribution in [2.24, 2.45) is 11.7 Å². The van der Waals surface area contributed by atoms with Crippen molar-refractivity contribution in [3.05, 3.63) is 57.8 Å². The van der Waals surface area contributed by atoms with Gasteiger partial charge in [0, 0.05) is 18.2 Å². The second-order valence-electron chi connectivity index (χ2n) is 6.50. The zero-order chi connectivity index (χ0) is 19.4. The Morgan fingerprint density at radius 2 is 2.00 bits per heavy atom. The first-order valence-electron chi connectivity index (χ1n) is 8.58. The molecule has 9 heteroatoms. The first-order chi connectivity index (χ1) is 12.9. The molecule has 0 unspecified atom stereocenters. The maximum Gasteiger partial charge on any atom is 0.433 e. The number of piperidine rings is 1. The van der Waals surface area contributed by atoms with E-state index in [1.165, 1.54) is 6.07 Å². The van der Waals surface area contributed by atoms with Crippen molar-refractivity contribution in [2.45, 2.75) is 19.4 Å². The van der Waals surface area contributed by atoms with Crippen molar-refractivity contribution in [2.75, 3.05) is 18.4 Å². The second kappa shape index (κ2) is 8.00. The first kappa shape index (κ1) is 18.6. The monoisotopic (exact) mass is 372 g/mol. The lowest BCUT2D eigenvalue weighted by Crippen LogP contribution is -2.38. The standard InChI is InChI=1S/C18H20N4O5/c19-17(23)13-6-8-21(9-7-13)11-12-2-1-3-14(10-12)20-18(24)15-4-5-16(27-15)22(25)26/h1-5,10,13H,6-9,11H2,(H2,19,23)(H,20,24). The van der Waals surface area contributed by atoms with E-state index in [-0.39, 0.29) is 17.6 Å². The number of rotatable bonds is 6. The van der Waals surface area contributed by atoms with E-state index in [1.807, 2.05) is 18.2 Å². The number of furan rings is 1. The van der Waals surface area contributed by atoms with Crippen molar-refractivity contribution >= 4 is 23.4 Å². The number of nitrogens with one attached hydrogen (secondary N) is 1. The molecule has 1 aromatic carbocycles. The lowest BCUT2D eigenvalue weighted by Gasteiger charge is -2.30. The molecule has 3 N–H and O–H groups in total. The highest BCUT2D eigenvalue weighted by molar-refractivity contribution is 6.02. The molecule has 0 saturated carbocycles. The zero-order valence-corrected chi connectivity index (χ0v) is 14.6. The molecule has 2 aromatic rings. The largest absolute Gasteiger partial charge is 0.433 e. The molecule has 1 aliphatic heterocycles. The average molecular weight is 372 g/mol. The van der Waals surface area contributed by atoms with Crippen LogP contribution in [0.4, 0.5) is 11.6 Å². The molecule has 3 rings (SSSR count). The number of hydrogen-bond acceptors (Lipinski definition) is 6. The molecular weight excluding hydrogens is 352 g/mol. The van der Waals surface area contributed by atoms with Crippen molar-refractivity contribution in [1.29, 1.82) is 0 Å². The van der Waals surface area contributed by atoms with Gasteiger partial charge in [-0.1, -0.05) is 12.1 Å². The summed E-state index contributed by atoms with van der Waals surface area (Å²) in [5.74, 6) is -1.45. The van der Waals surface area contributed by atoms with Crippen molar-refractivity contribution in [3.63, 3.8) is 0 Å². The number of primary amides is 1. The van der Waals surface area contributed by atoms with E-state index in [4.69, 9.17) is 10.2 Å². The van der Waals surface area contributed by atoms with Crippen molar-refractivity contribution < 1.29 is 18.9 Å². The highest BCUT2D eigenvalue weighted by Crippen LogP contribution is 2.21. The number of likely N-dealkylation sites (tertiary alicyclic amines) is 1. The van der Waals surface area contributed by atoms with Crippen molar-refractivity contribution in [3.8, 4) is 0 Å². The third-order valence-electron chi connectivity index (χ3n) is 4.58. The van der Waals surface area contributed by atoms with E-state index >= 15 is 0 Å². The van der Waals surface area contributed by atoms with Crippen LogP contribution >= 0.6 is 0 Å². The summed E-state index contributed by atoms with van der Waals surface area (Å²) in [5.41, 5.74) is 6.94. The normalized spacial score (nSPS) is 15.4. The third-order valence-corrected chi connectivity index (χ3v) is 4.58. The third kappa shape index (κ3) is 4.70. The number of nitro groups is 1. The van der Waals surface area contributed by atoms with E-state index in [2.05, 4.69) is 10.2 Å². The van der Waals surface area contributed by atoms with Gasteiger partial charge in [0.05, 0.1) is 6.07 Å². The minimum absolute atomic E-state index is 0.0516. The molecule has 2 amide bonds. The fraction of sp³-hybridized carbons (Fsp3) is 0.333. The summed E-state index contributed by atoms with van der Waals surface area (Å²) in [6, 6.07) is 9.76. The summed E-state index contributed by atoms with van der Waals surface area (Å²) in [6.45, 7) is 2.28. The van der Waals surface area contributed by atoms with Gasteiger partial charge in [0.15, 0.2) is 5.76 Å². The molecule has 0 aliphatic carbocycles. The van der Waals surface area contributed by atoms with Gasteiger partial charge in [-0.05, 0) is 49.7 Å². The van der Waals surface area contributed by atoms with Crippen LogP contribution in [-0.2, 0) is 11.3 Å². The number of hydrogen-bond donors (Lipinski definition) is 2. The maximum atomic E-state index is 12.2. The predicted octanol–water partition coefficient (Wildman–Crippen LogP) is 2.14. The smallest absolute Gasteiger partial charge is 0.395 e. The Morgan fingerprint density at radius 1 is 1.26 bits per heavy atom. The van der Waals surface area contributed by atoms with Gasteiger partial charge in [-0.2, -0.15) is 0 Å². The molecule has 2 heterocycles.